The molecule has 0 aliphatic carbocycles. The molecule has 6 nitrogen and oxygen atoms in total. The molecule has 0 atom stereocenters. The third-order valence-electron chi connectivity index (χ3n) is 6.92. The van der Waals surface area contributed by atoms with Crippen molar-refractivity contribution in [2.24, 2.45) is 0 Å². The summed E-state index contributed by atoms with van der Waals surface area (Å²) in [7, 11) is 1.52. The number of fused-ring (bicyclic) bond motifs is 1. The van der Waals surface area contributed by atoms with Crippen LogP contribution in [-0.4, -0.2) is 24.6 Å². The molecule has 42 heavy (non-hydrogen) atoms. The van der Waals surface area contributed by atoms with Crippen molar-refractivity contribution in [3.05, 3.63) is 118 Å². The molecule has 0 fully saturated rings. The van der Waals surface area contributed by atoms with Crippen molar-refractivity contribution in [3.8, 4) is 22.6 Å². The Morgan fingerprint density at radius 3 is 2.43 bits per heavy atom. The van der Waals surface area contributed by atoms with Crippen LogP contribution in [-0.2, 0) is 11.3 Å². The molecule has 0 amide bonds. The normalized spacial score (nSPS) is 13.3. The number of carbonyl (C=O) groups is 2. The van der Waals surface area contributed by atoms with Crippen LogP contribution >= 0.6 is 11.6 Å². The Kier molecular flexibility index (Phi) is 8.05. The number of methoxy groups -OCH3 is 1. The molecule has 0 unspecified atom stereocenters. The third kappa shape index (κ3) is 6.02. The maximum atomic E-state index is 13.8. The van der Waals surface area contributed by atoms with E-state index in [9.17, 15) is 14.0 Å². The van der Waals surface area contributed by atoms with Crippen molar-refractivity contribution in [2.75, 3.05) is 12.4 Å². The van der Waals surface area contributed by atoms with Crippen LogP contribution < -0.4 is 14.8 Å². The largest absolute Gasteiger partial charge is 0.496 e. The van der Waals surface area contributed by atoms with E-state index in [1.54, 1.807) is 42.5 Å². The van der Waals surface area contributed by atoms with Crippen LogP contribution in [0.5, 0.6) is 11.5 Å². The Labute approximate surface area is 248 Å². The molecule has 4 aromatic carbocycles. The van der Waals surface area contributed by atoms with Crippen molar-refractivity contribution in [2.45, 2.75) is 32.9 Å². The second-order valence-corrected chi connectivity index (χ2v) is 10.9. The SMILES string of the molecule is COc1cc(OC(=O)c2ccccc2Cl)ccc1-c1ccc2c(c1COC(=O)c1cccc(F)c1)C(C)=CC(C)(C)N2. The summed E-state index contributed by atoms with van der Waals surface area (Å²) in [5, 5.41) is 3.82. The van der Waals surface area contributed by atoms with Gasteiger partial charge in [-0.3, -0.25) is 0 Å². The van der Waals surface area contributed by atoms with E-state index in [1.165, 1.54) is 25.3 Å². The quantitative estimate of drug-likeness (QED) is 0.174. The topological polar surface area (TPSA) is 73.9 Å². The van der Waals surface area contributed by atoms with Crippen LogP contribution in [0.3, 0.4) is 0 Å². The first-order chi connectivity index (χ1) is 20.1. The first kappa shape index (κ1) is 28.9. The van der Waals surface area contributed by atoms with Crippen molar-refractivity contribution < 1.29 is 28.2 Å². The number of allylic oxidation sites excluding steroid dienone is 1. The summed E-state index contributed by atoms with van der Waals surface area (Å²) in [6.07, 6.45) is 2.12. The van der Waals surface area contributed by atoms with E-state index in [0.717, 1.165) is 34.0 Å². The van der Waals surface area contributed by atoms with Crippen molar-refractivity contribution >= 4 is 34.8 Å². The van der Waals surface area contributed by atoms with Crippen LogP contribution in [0.15, 0.2) is 84.9 Å². The maximum absolute atomic E-state index is 13.8. The lowest BCUT2D eigenvalue weighted by atomic mass is 9.85. The lowest BCUT2D eigenvalue weighted by molar-refractivity contribution is 0.0472. The molecular weight excluding hydrogens is 557 g/mol. The smallest absolute Gasteiger partial charge is 0.345 e. The van der Waals surface area contributed by atoms with Gasteiger partial charge in [0.1, 0.15) is 23.9 Å². The van der Waals surface area contributed by atoms with Crippen LogP contribution in [0.4, 0.5) is 10.1 Å². The van der Waals surface area contributed by atoms with Crippen LogP contribution in [0.1, 0.15) is 52.6 Å². The maximum Gasteiger partial charge on any atom is 0.345 e. The zero-order valence-corrected chi connectivity index (χ0v) is 24.3. The molecule has 4 aromatic rings. The minimum Gasteiger partial charge on any atom is -0.496 e. The van der Waals surface area contributed by atoms with Crippen LogP contribution in [0.2, 0.25) is 5.02 Å². The van der Waals surface area contributed by atoms with E-state index in [1.807, 2.05) is 19.1 Å². The number of halogens is 2. The predicted octanol–water partition coefficient (Wildman–Crippen LogP) is 8.34. The van der Waals surface area contributed by atoms with E-state index in [2.05, 4.69) is 25.2 Å². The van der Waals surface area contributed by atoms with Gasteiger partial charge in [-0.1, -0.05) is 41.9 Å². The minimum atomic E-state index is -0.641. The van der Waals surface area contributed by atoms with Gasteiger partial charge in [0.25, 0.3) is 0 Å². The molecule has 1 heterocycles. The highest BCUT2D eigenvalue weighted by Gasteiger charge is 2.27. The highest BCUT2D eigenvalue weighted by atomic mass is 35.5. The lowest BCUT2D eigenvalue weighted by Gasteiger charge is -2.33. The summed E-state index contributed by atoms with van der Waals surface area (Å²) in [6, 6.07) is 21.0. The number of carbonyl (C=O) groups excluding carboxylic acids is 2. The molecule has 0 saturated carbocycles. The summed E-state index contributed by atoms with van der Waals surface area (Å²) in [4.78, 5) is 25.6. The summed E-state index contributed by atoms with van der Waals surface area (Å²) in [5.41, 5.74) is 5.10. The monoisotopic (exact) mass is 585 g/mol. The van der Waals surface area contributed by atoms with Crippen molar-refractivity contribution in [1.82, 2.24) is 0 Å². The second kappa shape index (κ2) is 11.7. The van der Waals surface area contributed by atoms with Gasteiger partial charge in [-0.15, -0.1) is 0 Å². The molecule has 0 saturated heterocycles. The number of benzene rings is 4. The number of anilines is 1. The van der Waals surface area contributed by atoms with Crippen LogP contribution in [0, 0.1) is 5.82 Å². The molecule has 1 aliphatic rings. The Morgan fingerprint density at radius 1 is 0.929 bits per heavy atom. The molecule has 1 aliphatic heterocycles. The van der Waals surface area contributed by atoms with Gasteiger partial charge in [-0.2, -0.15) is 0 Å². The van der Waals surface area contributed by atoms with E-state index in [0.29, 0.717) is 11.3 Å². The third-order valence-corrected chi connectivity index (χ3v) is 7.25. The van der Waals surface area contributed by atoms with Gasteiger partial charge in [0.2, 0.25) is 0 Å². The number of hydrogen-bond donors (Lipinski definition) is 1. The molecule has 1 N–H and O–H groups in total. The molecule has 0 aromatic heterocycles. The molecule has 5 rings (SSSR count). The Morgan fingerprint density at radius 2 is 1.69 bits per heavy atom. The van der Waals surface area contributed by atoms with Crippen molar-refractivity contribution in [3.63, 3.8) is 0 Å². The summed E-state index contributed by atoms with van der Waals surface area (Å²) >= 11 is 6.16. The standard InChI is InChI=1S/C34H29ClFNO5/c1-20-18-34(2,3)37-29-15-14-24(27(31(20)29)19-41-32(38)21-8-7-9-22(36)16-21)25-13-12-23(17-30(25)40-4)42-33(39)26-10-5-6-11-28(26)35/h5-18,37H,19H2,1-4H3. The number of esters is 2. The fourth-order valence-corrected chi connectivity index (χ4v) is 5.40. The highest BCUT2D eigenvalue weighted by molar-refractivity contribution is 6.33. The minimum absolute atomic E-state index is 0.0759. The summed E-state index contributed by atoms with van der Waals surface area (Å²) < 4.78 is 30.8. The fourth-order valence-electron chi connectivity index (χ4n) is 5.18. The van der Waals surface area contributed by atoms with E-state index >= 15 is 0 Å². The molecular formula is C34H29ClFNO5. The van der Waals surface area contributed by atoms with Gasteiger partial charge in [0.15, 0.2) is 0 Å². The fraction of sp³-hybridized carbons (Fsp3) is 0.176. The Hall–Kier alpha value is -4.62. The number of rotatable bonds is 7. The lowest BCUT2D eigenvalue weighted by Crippen LogP contribution is -2.32. The first-order valence-electron chi connectivity index (χ1n) is 13.3. The molecule has 8 heteroatoms. The second-order valence-electron chi connectivity index (χ2n) is 10.5. The van der Waals surface area contributed by atoms with Gasteiger partial charge in [-0.25, -0.2) is 14.0 Å². The Balaban J connectivity index is 1.54. The van der Waals surface area contributed by atoms with Gasteiger partial charge in [0.05, 0.1) is 28.8 Å². The molecule has 0 spiro atoms. The van der Waals surface area contributed by atoms with E-state index in [-0.39, 0.29) is 34.0 Å². The number of nitrogens with one attached hydrogen (secondary N) is 1. The highest BCUT2D eigenvalue weighted by Crippen LogP contribution is 2.43. The van der Waals surface area contributed by atoms with E-state index < -0.39 is 17.8 Å². The zero-order chi connectivity index (χ0) is 30.0. The van der Waals surface area contributed by atoms with Gasteiger partial charge in [-0.05, 0) is 80.4 Å². The number of ether oxygens (including phenoxy) is 3. The van der Waals surface area contributed by atoms with Gasteiger partial charge in [0, 0.05) is 28.4 Å². The van der Waals surface area contributed by atoms with E-state index in [4.69, 9.17) is 25.8 Å². The molecule has 0 radical (unpaired) electrons. The number of hydrogen-bond acceptors (Lipinski definition) is 6. The average molecular weight is 586 g/mol. The first-order valence-corrected chi connectivity index (χ1v) is 13.7. The zero-order valence-electron chi connectivity index (χ0n) is 23.6. The van der Waals surface area contributed by atoms with Crippen molar-refractivity contribution in [1.29, 1.82) is 0 Å². The van der Waals surface area contributed by atoms with Gasteiger partial charge < -0.3 is 19.5 Å². The summed E-state index contributed by atoms with van der Waals surface area (Å²) in [5.74, 6) is -1.03. The van der Waals surface area contributed by atoms with Gasteiger partial charge >= 0.3 is 11.9 Å². The summed E-state index contributed by atoms with van der Waals surface area (Å²) in [6.45, 7) is 6.08. The van der Waals surface area contributed by atoms with Crippen LogP contribution in [0.25, 0.3) is 16.7 Å². The average Bonchev–Trinajstić information content (AvgIpc) is 2.95. The molecule has 214 valence electrons. The predicted molar refractivity (Wildman–Crippen MR) is 162 cm³/mol. The Bertz CT molecular complexity index is 1730. The molecule has 0 bridgehead atoms.